The normalized spacial score (nSPS) is 12.4. The third-order valence-corrected chi connectivity index (χ3v) is 3.59. The first kappa shape index (κ1) is 14.5. The molecule has 0 fully saturated rings. The number of ketones is 1. The molecular formula is C17H22N2O. The minimum absolute atomic E-state index is 0.131. The summed E-state index contributed by atoms with van der Waals surface area (Å²) in [6.07, 6.45) is 3.36. The molecule has 2 aromatic rings. The van der Waals surface area contributed by atoms with Gasteiger partial charge in [-0.3, -0.25) is 9.48 Å². The van der Waals surface area contributed by atoms with Crippen molar-refractivity contribution in [3.63, 3.8) is 0 Å². The van der Waals surface area contributed by atoms with Crippen LogP contribution in [0.1, 0.15) is 53.5 Å². The molecule has 0 bridgehead atoms. The van der Waals surface area contributed by atoms with Crippen molar-refractivity contribution in [2.45, 2.75) is 46.6 Å². The molecule has 3 heteroatoms. The Morgan fingerprint density at radius 2 is 1.90 bits per heavy atom. The molecule has 0 radical (unpaired) electrons. The molecule has 0 aliphatic rings. The summed E-state index contributed by atoms with van der Waals surface area (Å²) < 4.78 is 1.93. The lowest BCUT2D eigenvalue weighted by molar-refractivity contribution is 0.0991. The molecule has 1 heterocycles. The average molecular weight is 270 g/mol. The summed E-state index contributed by atoms with van der Waals surface area (Å²) in [5.74, 6) is 0.131. The van der Waals surface area contributed by atoms with Crippen LogP contribution in [0, 0.1) is 13.8 Å². The van der Waals surface area contributed by atoms with Gasteiger partial charge >= 0.3 is 0 Å². The van der Waals surface area contributed by atoms with Crippen molar-refractivity contribution in [3.8, 4) is 0 Å². The second kappa shape index (κ2) is 6.04. The molecule has 0 spiro atoms. The summed E-state index contributed by atoms with van der Waals surface area (Å²) in [7, 11) is 0. The van der Waals surface area contributed by atoms with Crippen LogP contribution in [0.25, 0.3) is 0 Å². The molecule has 1 atom stereocenters. The van der Waals surface area contributed by atoms with Crippen LogP contribution in [0.4, 0.5) is 0 Å². The Balaban J connectivity index is 2.13. The van der Waals surface area contributed by atoms with Crippen molar-refractivity contribution in [1.82, 2.24) is 9.78 Å². The Labute approximate surface area is 120 Å². The SMILES string of the molecule is CCC(C)n1ccc(CC(=O)c2cc(C)cc(C)c2)n1. The minimum atomic E-state index is 0.131. The van der Waals surface area contributed by atoms with Crippen LogP contribution in [0.5, 0.6) is 0 Å². The Morgan fingerprint density at radius 1 is 1.25 bits per heavy atom. The number of aryl methyl sites for hydroxylation is 2. The maximum absolute atomic E-state index is 12.3. The fraction of sp³-hybridized carbons (Fsp3) is 0.412. The van der Waals surface area contributed by atoms with Crippen molar-refractivity contribution in [3.05, 3.63) is 52.8 Å². The summed E-state index contributed by atoms with van der Waals surface area (Å²) in [5, 5.41) is 4.49. The van der Waals surface area contributed by atoms with Gasteiger partial charge in [-0.15, -0.1) is 0 Å². The number of aromatic nitrogens is 2. The quantitative estimate of drug-likeness (QED) is 0.772. The van der Waals surface area contributed by atoms with Crippen LogP contribution in [-0.2, 0) is 6.42 Å². The van der Waals surface area contributed by atoms with E-state index in [2.05, 4.69) is 25.0 Å². The van der Waals surface area contributed by atoms with E-state index in [1.165, 1.54) is 0 Å². The van der Waals surface area contributed by atoms with Crippen LogP contribution >= 0.6 is 0 Å². The van der Waals surface area contributed by atoms with Crippen LogP contribution in [0.15, 0.2) is 30.5 Å². The van der Waals surface area contributed by atoms with E-state index in [4.69, 9.17) is 0 Å². The van der Waals surface area contributed by atoms with Crippen LogP contribution in [0.2, 0.25) is 0 Å². The summed E-state index contributed by atoms with van der Waals surface area (Å²) in [6.45, 7) is 8.29. The molecule has 2 rings (SSSR count). The van der Waals surface area contributed by atoms with Gasteiger partial charge < -0.3 is 0 Å². The van der Waals surface area contributed by atoms with Gasteiger partial charge in [0.25, 0.3) is 0 Å². The predicted molar refractivity (Wildman–Crippen MR) is 81.2 cm³/mol. The van der Waals surface area contributed by atoms with Crippen LogP contribution in [-0.4, -0.2) is 15.6 Å². The fourth-order valence-electron chi connectivity index (χ4n) is 2.31. The zero-order chi connectivity index (χ0) is 14.7. The van der Waals surface area contributed by atoms with Gasteiger partial charge in [-0.25, -0.2) is 0 Å². The molecule has 1 aromatic carbocycles. The molecule has 0 N–H and O–H groups in total. The van der Waals surface area contributed by atoms with E-state index in [-0.39, 0.29) is 5.78 Å². The molecule has 1 unspecified atom stereocenters. The number of carbonyl (C=O) groups is 1. The van der Waals surface area contributed by atoms with Crippen molar-refractivity contribution < 1.29 is 4.79 Å². The third kappa shape index (κ3) is 3.35. The lowest BCUT2D eigenvalue weighted by Crippen LogP contribution is -2.08. The highest BCUT2D eigenvalue weighted by atomic mass is 16.1. The van der Waals surface area contributed by atoms with E-state index < -0.39 is 0 Å². The molecule has 1 aromatic heterocycles. The summed E-state index contributed by atoms with van der Waals surface area (Å²) in [5.41, 5.74) is 3.87. The third-order valence-electron chi connectivity index (χ3n) is 3.59. The molecule has 0 amide bonds. The van der Waals surface area contributed by atoms with Crippen molar-refractivity contribution in [1.29, 1.82) is 0 Å². The Morgan fingerprint density at radius 3 is 2.50 bits per heavy atom. The van der Waals surface area contributed by atoms with E-state index in [0.29, 0.717) is 12.5 Å². The molecular weight excluding hydrogens is 248 g/mol. The second-order valence-electron chi connectivity index (χ2n) is 5.52. The van der Waals surface area contributed by atoms with Gasteiger partial charge in [0.05, 0.1) is 12.1 Å². The number of hydrogen-bond acceptors (Lipinski definition) is 2. The number of hydrogen-bond donors (Lipinski definition) is 0. The van der Waals surface area contributed by atoms with Crippen molar-refractivity contribution >= 4 is 5.78 Å². The number of nitrogens with zero attached hydrogens (tertiary/aromatic N) is 2. The zero-order valence-corrected chi connectivity index (χ0v) is 12.7. The van der Waals surface area contributed by atoms with Gasteiger partial charge in [-0.2, -0.15) is 5.10 Å². The summed E-state index contributed by atoms with van der Waals surface area (Å²) >= 11 is 0. The van der Waals surface area contributed by atoms with Gasteiger partial charge in [0.15, 0.2) is 5.78 Å². The Hall–Kier alpha value is -1.90. The average Bonchev–Trinajstić information content (AvgIpc) is 2.85. The van der Waals surface area contributed by atoms with Crippen LogP contribution < -0.4 is 0 Å². The van der Waals surface area contributed by atoms with Gasteiger partial charge in [-0.1, -0.05) is 24.1 Å². The number of benzene rings is 1. The zero-order valence-electron chi connectivity index (χ0n) is 12.7. The lowest BCUT2D eigenvalue weighted by Gasteiger charge is -2.08. The topological polar surface area (TPSA) is 34.9 Å². The highest BCUT2D eigenvalue weighted by molar-refractivity contribution is 5.97. The minimum Gasteiger partial charge on any atom is -0.294 e. The molecule has 0 saturated heterocycles. The predicted octanol–water partition coefficient (Wildman–Crippen LogP) is 3.90. The maximum atomic E-state index is 12.3. The largest absolute Gasteiger partial charge is 0.294 e. The second-order valence-corrected chi connectivity index (χ2v) is 5.52. The van der Waals surface area contributed by atoms with Crippen molar-refractivity contribution in [2.75, 3.05) is 0 Å². The van der Waals surface area contributed by atoms with E-state index >= 15 is 0 Å². The fourth-order valence-corrected chi connectivity index (χ4v) is 2.31. The molecule has 0 aliphatic heterocycles. The van der Waals surface area contributed by atoms with Gasteiger partial charge in [0, 0.05) is 17.8 Å². The first-order valence-electron chi connectivity index (χ1n) is 7.15. The first-order valence-corrected chi connectivity index (χ1v) is 7.15. The van der Waals surface area contributed by atoms with Gasteiger partial charge in [0.1, 0.15) is 0 Å². The van der Waals surface area contributed by atoms with E-state index in [9.17, 15) is 4.79 Å². The van der Waals surface area contributed by atoms with Gasteiger partial charge in [-0.05, 0) is 45.4 Å². The molecule has 0 saturated carbocycles. The molecule has 20 heavy (non-hydrogen) atoms. The monoisotopic (exact) mass is 270 g/mol. The molecule has 3 nitrogen and oxygen atoms in total. The first-order chi connectivity index (χ1) is 9.49. The molecule has 106 valence electrons. The van der Waals surface area contributed by atoms with E-state index in [0.717, 1.165) is 28.8 Å². The van der Waals surface area contributed by atoms with Crippen molar-refractivity contribution in [2.24, 2.45) is 0 Å². The molecule has 0 aliphatic carbocycles. The summed E-state index contributed by atoms with van der Waals surface area (Å²) in [6, 6.07) is 8.28. The lowest BCUT2D eigenvalue weighted by atomic mass is 10.0. The highest BCUT2D eigenvalue weighted by Crippen LogP contribution is 2.13. The maximum Gasteiger partial charge on any atom is 0.168 e. The van der Waals surface area contributed by atoms with E-state index in [1.807, 2.05) is 42.9 Å². The van der Waals surface area contributed by atoms with E-state index in [1.54, 1.807) is 0 Å². The standard InChI is InChI=1S/C17H22N2O/c1-5-14(4)19-7-6-16(18-19)11-17(20)15-9-12(2)8-13(3)10-15/h6-10,14H,5,11H2,1-4H3. The smallest absolute Gasteiger partial charge is 0.168 e. The number of rotatable bonds is 5. The number of carbonyl (C=O) groups excluding carboxylic acids is 1. The Bertz CT molecular complexity index is 593. The highest BCUT2D eigenvalue weighted by Gasteiger charge is 2.11. The van der Waals surface area contributed by atoms with Gasteiger partial charge in [0.2, 0.25) is 0 Å². The van der Waals surface area contributed by atoms with Crippen LogP contribution in [0.3, 0.4) is 0 Å². The summed E-state index contributed by atoms with van der Waals surface area (Å²) in [4.78, 5) is 12.3. The number of Topliss-reactive ketones (excluding diaryl/α,β-unsaturated/α-hetero) is 1. The Kier molecular flexibility index (Phi) is 4.38.